The van der Waals surface area contributed by atoms with Gasteiger partial charge in [-0.3, -0.25) is 9.59 Å². The van der Waals surface area contributed by atoms with Crippen molar-refractivity contribution in [2.45, 2.75) is 31.9 Å². The van der Waals surface area contributed by atoms with Gasteiger partial charge in [0.2, 0.25) is 0 Å². The van der Waals surface area contributed by atoms with Gasteiger partial charge in [-0.2, -0.15) is 13.2 Å². The molecular weight excluding hydrogens is 223 g/mol. The molecule has 2 aliphatic rings. The summed E-state index contributed by atoms with van der Waals surface area (Å²) in [5.41, 5.74) is -0.654. The fourth-order valence-electron chi connectivity index (χ4n) is 2.50. The molecule has 2 fully saturated rings. The summed E-state index contributed by atoms with van der Waals surface area (Å²) in [6.45, 7) is -0.103. The number of nitrogens with zero attached hydrogens (tertiary/aromatic N) is 1. The zero-order valence-corrected chi connectivity index (χ0v) is 8.64. The summed E-state index contributed by atoms with van der Waals surface area (Å²) in [5.74, 6) is -1.80. The summed E-state index contributed by atoms with van der Waals surface area (Å²) >= 11 is 0. The molecule has 0 aromatic carbocycles. The van der Waals surface area contributed by atoms with Crippen molar-refractivity contribution < 1.29 is 22.8 Å². The maximum atomic E-state index is 12.1. The van der Waals surface area contributed by atoms with Crippen LogP contribution >= 0.6 is 0 Å². The molecule has 0 N–H and O–H groups in total. The molecule has 0 atom stereocenters. The number of alkyl halides is 3. The third kappa shape index (κ3) is 1.70. The highest BCUT2D eigenvalue weighted by molar-refractivity contribution is 5.91. The van der Waals surface area contributed by atoms with Crippen molar-refractivity contribution in [3.8, 4) is 0 Å². The number of halogens is 3. The van der Waals surface area contributed by atoms with Gasteiger partial charge < -0.3 is 4.90 Å². The van der Waals surface area contributed by atoms with Gasteiger partial charge in [0.15, 0.2) is 0 Å². The Morgan fingerprint density at radius 1 is 1.25 bits per heavy atom. The summed E-state index contributed by atoms with van der Waals surface area (Å²) in [5, 5.41) is 0. The Morgan fingerprint density at radius 3 is 2.38 bits per heavy atom. The van der Waals surface area contributed by atoms with Gasteiger partial charge in [0.1, 0.15) is 5.78 Å². The molecule has 16 heavy (non-hydrogen) atoms. The van der Waals surface area contributed by atoms with E-state index in [4.69, 9.17) is 0 Å². The standard InChI is InChI=1S/C10H12F3NO2/c11-10(12,13)8(16)14-5-9(6-14)4-2-1-3-7(9)15/h1-6H2. The van der Waals surface area contributed by atoms with E-state index in [1.807, 2.05) is 0 Å². The molecule has 1 heterocycles. The lowest BCUT2D eigenvalue weighted by Gasteiger charge is -2.50. The molecule has 0 aromatic rings. The molecule has 3 nitrogen and oxygen atoms in total. The summed E-state index contributed by atoms with van der Waals surface area (Å²) in [4.78, 5) is 23.2. The van der Waals surface area contributed by atoms with Crippen LogP contribution in [-0.4, -0.2) is 35.9 Å². The molecular formula is C10H12F3NO2. The van der Waals surface area contributed by atoms with Crippen LogP contribution in [0.15, 0.2) is 0 Å². The van der Waals surface area contributed by atoms with E-state index in [1.54, 1.807) is 0 Å². The number of hydrogen-bond donors (Lipinski definition) is 0. The molecule has 1 spiro atoms. The van der Waals surface area contributed by atoms with Gasteiger partial charge in [-0.1, -0.05) is 6.42 Å². The second kappa shape index (κ2) is 3.46. The lowest BCUT2D eigenvalue weighted by Crippen LogP contribution is -2.64. The lowest BCUT2D eigenvalue weighted by molar-refractivity contribution is -0.197. The van der Waals surface area contributed by atoms with E-state index in [9.17, 15) is 22.8 Å². The minimum Gasteiger partial charge on any atom is -0.333 e. The number of likely N-dealkylation sites (tertiary alicyclic amines) is 1. The normalized spacial score (nSPS) is 24.4. The van der Waals surface area contributed by atoms with Crippen LogP contribution in [0, 0.1) is 5.41 Å². The van der Waals surface area contributed by atoms with Gasteiger partial charge in [-0.15, -0.1) is 0 Å². The SMILES string of the molecule is O=C(N1CC2(CCCCC2=O)C1)C(F)(F)F. The zero-order chi connectivity index (χ0) is 12.0. The highest BCUT2D eigenvalue weighted by Crippen LogP contribution is 2.42. The van der Waals surface area contributed by atoms with Crippen LogP contribution in [0.25, 0.3) is 0 Å². The minimum atomic E-state index is -4.82. The van der Waals surface area contributed by atoms with Crippen molar-refractivity contribution in [2.24, 2.45) is 5.41 Å². The molecule has 1 amide bonds. The highest BCUT2D eigenvalue weighted by atomic mass is 19.4. The Balaban J connectivity index is 1.99. The Bertz CT molecular complexity index is 331. The van der Waals surface area contributed by atoms with Gasteiger partial charge in [-0.25, -0.2) is 0 Å². The van der Waals surface area contributed by atoms with Gasteiger partial charge in [0.25, 0.3) is 0 Å². The molecule has 0 bridgehead atoms. The van der Waals surface area contributed by atoms with Gasteiger partial charge in [-0.05, 0) is 12.8 Å². The first kappa shape index (κ1) is 11.4. The monoisotopic (exact) mass is 235 g/mol. The van der Waals surface area contributed by atoms with E-state index in [1.165, 1.54) is 0 Å². The quantitative estimate of drug-likeness (QED) is 0.638. The Hall–Kier alpha value is -1.07. The van der Waals surface area contributed by atoms with Crippen LogP contribution < -0.4 is 0 Å². The molecule has 1 saturated heterocycles. The van der Waals surface area contributed by atoms with E-state index in [2.05, 4.69) is 0 Å². The number of Topliss-reactive ketones (excluding diaryl/α,β-unsaturated/α-hetero) is 1. The van der Waals surface area contributed by atoms with E-state index in [0.29, 0.717) is 12.8 Å². The lowest BCUT2D eigenvalue weighted by atomic mass is 9.67. The molecule has 0 radical (unpaired) electrons. The third-order valence-corrected chi connectivity index (χ3v) is 3.42. The fourth-order valence-corrected chi connectivity index (χ4v) is 2.50. The predicted molar refractivity (Wildman–Crippen MR) is 48.5 cm³/mol. The van der Waals surface area contributed by atoms with Crippen molar-refractivity contribution in [1.82, 2.24) is 4.90 Å². The van der Waals surface area contributed by atoms with Crippen LogP contribution in [0.1, 0.15) is 25.7 Å². The van der Waals surface area contributed by atoms with E-state index < -0.39 is 17.5 Å². The zero-order valence-electron chi connectivity index (χ0n) is 8.64. The minimum absolute atomic E-state index is 0.0185. The number of rotatable bonds is 0. The van der Waals surface area contributed by atoms with E-state index in [0.717, 1.165) is 17.7 Å². The summed E-state index contributed by atoms with van der Waals surface area (Å²) in [6, 6.07) is 0. The smallest absolute Gasteiger partial charge is 0.333 e. The first-order valence-electron chi connectivity index (χ1n) is 5.25. The van der Waals surface area contributed by atoms with Crippen LogP contribution in [-0.2, 0) is 9.59 Å². The fraction of sp³-hybridized carbons (Fsp3) is 0.800. The number of carbonyl (C=O) groups is 2. The number of hydrogen-bond acceptors (Lipinski definition) is 2. The van der Waals surface area contributed by atoms with Gasteiger partial charge in [0.05, 0.1) is 5.41 Å². The van der Waals surface area contributed by atoms with Crippen LogP contribution in [0.4, 0.5) is 13.2 Å². The largest absolute Gasteiger partial charge is 0.471 e. The first-order valence-corrected chi connectivity index (χ1v) is 5.25. The van der Waals surface area contributed by atoms with Crippen molar-refractivity contribution in [3.63, 3.8) is 0 Å². The van der Waals surface area contributed by atoms with Crippen molar-refractivity contribution >= 4 is 11.7 Å². The van der Waals surface area contributed by atoms with Gasteiger partial charge in [0, 0.05) is 19.5 Å². The second-order valence-electron chi connectivity index (χ2n) is 4.57. The average Bonchev–Trinajstić information content (AvgIpc) is 2.13. The molecule has 1 aliphatic carbocycles. The number of carbonyl (C=O) groups excluding carboxylic acids is 2. The summed E-state index contributed by atoms with van der Waals surface area (Å²) in [6.07, 6.45) is -2.09. The van der Waals surface area contributed by atoms with Crippen LogP contribution in [0.3, 0.4) is 0 Å². The van der Waals surface area contributed by atoms with Crippen LogP contribution in [0.5, 0.6) is 0 Å². The summed E-state index contributed by atoms with van der Waals surface area (Å²) in [7, 11) is 0. The maximum absolute atomic E-state index is 12.1. The molecule has 2 rings (SSSR count). The molecule has 0 unspecified atom stereocenters. The molecule has 1 saturated carbocycles. The Morgan fingerprint density at radius 2 is 1.88 bits per heavy atom. The van der Waals surface area contributed by atoms with Crippen molar-refractivity contribution in [3.05, 3.63) is 0 Å². The average molecular weight is 235 g/mol. The number of amides is 1. The predicted octanol–water partition coefficient (Wildman–Crippen LogP) is 1.52. The number of ketones is 1. The first-order chi connectivity index (χ1) is 7.35. The molecule has 0 aromatic heterocycles. The van der Waals surface area contributed by atoms with Crippen molar-refractivity contribution in [1.29, 1.82) is 0 Å². The third-order valence-electron chi connectivity index (χ3n) is 3.42. The Labute approximate surface area is 90.6 Å². The highest BCUT2D eigenvalue weighted by Gasteiger charge is 2.55. The summed E-state index contributed by atoms with van der Waals surface area (Å²) < 4.78 is 36.3. The second-order valence-corrected chi connectivity index (χ2v) is 4.57. The molecule has 90 valence electrons. The molecule has 6 heteroatoms. The van der Waals surface area contributed by atoms with E-state index >= 15 is 0 Å². The topological polar surface area (TPSA) is 37.4 Å². The Kier molecular flexibility index (Phi) is 2.47. The van der Waals surface area contributed by atoms with E-state index in [-0.39, 0.29) is 18.9 Å². The maximum Gasteiger partial charge on any atom is 0.471 e. The van der Waals surface area contributed by atoms with Gasteiger partial charge >= 0.3 is 12.1 Å². The molecule has 1 aliphatic heterocycles. The van der Waals surface area contributed by atoms with Crippen molar-refractivity contribution in [2.75, 3.05) is 13.1 Å². The van der Waals surface area contributed by atoms with Crippen LogP contribution in [0.2, 0.25) is 0 Å².